The van der Waals surface area contributed by atoms with Crippen molar-refractivity contribution in [2.24, 2.45) is 0 Å². The molecule has 39 heavy (non-hydrogen) atoms. The lowest BCUT2D eigenvalue weighted by Crippen LogP contribution is -2.47. The normalized spacial score (nSPS) is 15.5. The van der Waals surface area contributed by atoms with Gasteiger partial charge in [-0.05, 0) is 49.6 Å². The van der Waals surface area contributed by atoms with Crippen molar-refractivity contribution in [2.75, 3.05) is 59.8 Å². The van der Waals surface area contributed by atoms with E-state index in [1.807, 2.05) is 17.0 Å². The van der Waals surface area contributed by atoms with E-state index in [-0.39, 0.29) is 12.1 Å². The van der Waals surface area contributed by atoms with Gasteiger partial charge >= 0.3 is 6.03 Å². The van der Waals surface area contributed by atoms with Crippen LogP contribution < -0.4 is 20.0 Å². The largest absolute Gasteiger partial charge is 0.368 e. The van der Waals surface area contributed by atoms with Crippen LogP contribution in [0.5, 0.6) is 0 Å². The minimum atomic E-state index is -0.0859. The van der Waals surface area contributed by atoms with Crippen LogP contribution in [-0.2, 0) is 13.0 Å². The van der Waals surface area contributed by atoms with Crippen molar-refractivity contribution < 1.29 is 4.79 Å². The number of piperazine rings is 1. The van der Waals surface area contributed by atoms with E-state index in [0.29, 0.717) is 25.4 Å². The number of carbonyl (C=O) groups is 1. The number of nitrogens with one attached hydrogen (secondary N) is 1. The van der Waals surface area contributed by atoms with Gasteiger partial charge < -0.3 is 24.9 Å². The number of fused-ring (bicyclic) bond motifs is 1. The van der Waals surface area contributed by atoms with Crippen LogP contribution in [0, 0.1) is 0 Å². The van der Waals surface area contributed by atoms with Crippen LogP contribution in [0.15, 0.2) is 54.6 Å². The van der Waals surface area contributed by atoms with Gasteiger partial charge in [0.2, 0.25) is 5.95 Å². The highest BCUT2D eigenvalue weighted by atomic mass is 16.2. The van der Waals surface area contributed by atoms with Gasteiger partial charge in [0.25, 0.3) is 0 Å². The van der Waals surface area contributed by atoms with Gasteiger partial charge in [0.05, 0.1) is 12.2 Å². The number of rotatable bonds is 6. The molecule has 1 aromatic heterocycles. The Kier molecular flexibility index (Phi) is 7.91. The van der Waals surface area contributed by atoms with Gasteiger partial charge in [-0.3, -0.25) is 0 Å². The summed E-state index contributed by atoms with van der Waals surface area (Å²) in [6, 6.07) is 18.9. The highest BCUT2D eigenvalue weighted by Crippen LogP contribution is 2.30. The first-order valence-corrected chi connectivity index (χ1v) is 14.1. The number of amides is 2. The van der Waals surface area contributed by atoms with E-state index in [1.54, 1.807) is 0 Å². The predicted octanol–water partition coefficient (Wildman–Crippen LogP) is 5.36. The van der Waals surface area contributed by atoms with Crippen LogP contribution >= 0.6 is 0 Å². The molecule has 1 fully saturated rings. The first-order valence-electron chi connectivity index (χ1n) is 14.1. The zero-order valence-corrected chi connectivity index (χ0v) is 23.9. The molecule has 2 aromatic carbocycles. The lowest BCUT2D eigenvalue weighted by Gasteiger charge is -2.38. The Morgan fingerprint density at radius 3 is 2.18 bits per heavy atom. The summed E-state index contributed by atoms with van der Waals surface area (Å²) in [6.45, 7) is 13.4. The van der Waals surface area contributed by atoms with Crippen LogP contribution in [-0.4, -0.2) is 66.7 Å². The fourth-order valence-corrected chi connectivity index (χ4v) is 5.19. The minimum Gasteiger partial charge on any atom is -0.368 e. The molecular weight excluding hydrogens is 486 g/mol. The third kappa shape index (κ3) is 5.95. The molecule has 0 spiro atoms. The van der Waals surface area contributed by atoms with E-state index < -0.39 is 0 Å². The summed E-state index contributed by atoms with van der Waals surface area (Å²) in [5.41, 5.74) is 5.44. The fraction of sp³-hybridized carbons (Fsp3) is 0.452. The van der Waals surface area contributed by atoms with Crippen LogP contribution in [0.1, 0.15) is 50.4 Å². The number of para-hydroxylation sites is 1. The monoisotopic (exact) mass is 527 g/mol. The fourth-order valence-electron chi connectivity index (χ4n) is 5.19. The molecule has 5 rings (SSSR count). The Hall–Kier alpha value is -3.81. The summed E-state index contributed by atoms with van der Waals surface area (Å²) in [5, 5.41) is 3.08. The second-order valence-electron chi connectivity index (χ2n) is 11.2. The highest BCUT2D eigenvalue weighted by Gasteiger charge is 2.29. The van der Waals surface area contributed by atoms with Crippen molar-refractivity contribution >= 4 is 29.2 Å². The smallest absolute Gasteiger partial charge is 0.322 e. The molecule has 3 aromatic rings. The number of hydrogen-bond donors (Lipinski definition) is 1. The second-order valence-corrected chi connectivity index (χ2v) is 11.2. The number of carbonyl (C=O) groups excluding carboxylic acids is 1. The van der Waals surface area contributed by atoms with Gasteiger partial charge in [0.15, 0.2) is 0 Å². The second kappa shape index (κ2) is 11.5. The summed E-state index contributed by atoms with van der Waals surface area (Å²) in [7, 11) is 2.08. The molecule has 2 aliphatic rings. The van der Waals surface area contributed by atoms with Gasteiger partial charge in [-0.25, -0.2) is 9.78 Å². The average Bonchev–Trinajstić information content (AvgIpc) is 2.96. The predicted molar refractivity (Wildman–Crippen MR) is 160 cm³/mol. The van der Waals surface area contributed by atoms with Crippen LogP contribution in [0.2, 0.25) is 0 Å². The van der Waals surface area contributed by atoms with Crippen molar-refractivity contribution in [1.29, 1.82) is 0 Å². The maximum Gasteiger partial charge on any atom is 0.322 e. The van der Waals surface area contributed by atoms with Gasteiger partial charge in [-0.2, -0.15) is 4.98 Å². The maximum atomic E-state index is 13.2. The minimum absolute atomic E-state index is 0.0859. The maximum absolute atomic E-state index is 13.2. The first kappa shape index (κ1) is 26.8. The van der Waals surface area contributed by atoms with Crippen molar-refractivity contribution in [3.8, 4) is 0 Å². The number of aromatic nitrogens is 2. The lowest BCUT2D eigenvalue weighted by atomic mass is 10.0. The summed E-state index contributed by atoms with van der Waals surface area (Å²) in [4.78, 5) is 32.2. The molecule has 2 amide bonds. The number of nitrogens with zero attached hydrogens (tertiary/aromatic N) is 6. The zero-order valence-electron chi connectivity index (χ0n) is 23.9. The Morgan fingerprint density at radius 1 is 0.872 bits per heavy atom. The molecule has 0 atom stereocenters. The van der Waals surface area contributed by atoms with E-state index in [9.17, 15) is 4.79 Å². The summed E-state index contributed by atoms with van der Waals surface area (Å²) in [5.74, 6) is 2.18. The molecule has 0 radical (unpaired) electrons. The zero-order chi connectivity index (χ0) is 27.5. The van der Waals surface area contributed by atoms with E-state index in [4.69, 9.17) is 9.97 Å². The van der Waals surface area contributed by atoms with Gasteiger partial charge in [-0.15, -0.1) is 0 Å². The molecule has 1 saturated heterocycles. The van der Waals surface area contributed by atoms with E-state index >= 15 is 0 Å². The van der Waals surface area contributed by atoms with Crippen molar-refractivity contribution in [3.05, 3.63) is 71.4 Å². The topological polar surface area (TPSA) is 67.8 Å². The third-order valence-corrected chi connectivity index (χ3v) is 7.93. The van der Waals surface area contributed by atoms with Crippen molar-refractivity contribution in [3.63, 3.8) is 0 Å². The number of hydrogen-bond acceptors (Lipinski definition) is 6. The molecule has 8 heteroatoms. The SMILES string of the molecule is CC(C)c1ccc(NC(=O)N2CCc3nc(N4CCN(c5ccccc5)CC4)nc(N(C)C(C)C)c3C2)cc1. The van der Waals surface area contributed by atoms with Crippen LogP contribution in [0.3, 0.4) is 0 Å². The lowest BCUT2D eigenvalue weighted by molar-refractivity contribution is 0.206. The first-order chi connectivity index (χ1) is 18.8. The molecule has 8 nitrogen and oxygen atoms in total. The van der Waals surface area contributed by atoms with E-state index in [1.165, 1.54) is 11.3 Å². The Balaban J connectivity index is 1.32. The standard InChI is InChI=1S/C31H41N7O/c1-22(2)24-11-13-25(14-12-24)32-31(39)38-16-15-28-27(21-38)29(35(5)23(3)4)34-30(33-28)37-19-17-36(18-20-37)26-9-7-6-8-10-26/h6-14,22-23H,15-21H2,1-5H3,(H,32,39). The number of anilines is 4. The number of benzene rings is 2. The summed E-state index contributed by atoms with van der Waals surface area (Å²) < 4.78 is 0. The molecule has 0 saturated carbocycles. The molecule has 2 aliphatic heterocycles. The van der Waals surface area contributed by atoms with Gasteiger partial charge in [-0.1, -0.05) is 44.2 Å². The van der Waals surface area contributed by atoms with Crippen LogP contribution in [0.4, 0.5) is 27.9 Å². The van der Waals surface area contributed by atoms with Crippen molar-refractivity contribution in [1.82, 2.24) is 14.9 Å². The average molecular weight is 528 g/mol. The van der Waals surface area contributed by atoms with Crippen molar-refractivity contribution in [2.45, 2.75) is 52.6 Å². The Morgan fingerprint density at radius 2 is 1.54 bits per heavy atom. The highest BCUT2D eigenvalue weighted by molar-refractivity contribution is 5.89. The molecular formula is C31H41N7O. The number of urea groups is 1. The Bertz CT molecular complexity index is 1270. The van der Waals surface area contributed by atoms with E-state index in [0.717, 1.165) is 54.9 Å². The molecule has 3 heterocycles. The Labute approximate surface area is 232 Å². The summed E-state index contributed by atoms with van der Waals surface area (Å²) in [6.07, 6.45) is 0.716. The molecule has 206 valence electrons. The molecule has 1 N–H and O–H groups in total. The molecule has 0 unspecified atom stereocenters. The van der Waals surface area contributed by atoms with E-state index in [2.05, 4.69) is 97.2 Å². The molecule has 0 bridgehead atoms. The quantitative estimate of drug-likeness (QED) is 0.465. The van der Waals surface area contributed by atoms with Crippen LogP contribution in [0.25, 0.3) is 0 Å². The third-order valence-electron chi connectivity index (χ3n) is 7.93. The molecule has 0 aliphatic carbocycles. The summed E-state index contributed by atoms with van der Waals surface area (Å²) >= 11 is 0. The van der Waals surface area contributed by atoms with Gasteiger partial charge in [0.1, 0.15) is 5.82 Å². The van der Waals surface area contributed by atoms with Gasteiger partial charge in [0, 0.05) is 69.2 Å².